The van der Waals surface area contributed by atoms with Crippen molar-refractivity contribution < 1.29 is 5.11 Å². The van der Waals surface area contributed by atoms with Crippen LogP contribution in [0, 0.1) is 0 Å². The average molecular weight is 284 g/mol. The number of hydrogen-bond acceptors (Lipinski definition) is 3. The van der Waals surface area contributed by atoms with E-state index in [2.05, 4.69) is 30.3 Å². The molecule has 0 bridgehead atoms. The van der Waals surface area contributed by atoms with E-state index in [0.29, 0.717) is 11.8 Å². The van der Waals surface area contributed by atoms with Gasteiger partial charge in [-0.25, -0.2) is 0 Å². The molecule has 3 nitrogen and oxygen atoms in total. The topological polar surface area (TPSA) is 35.5 Å². The fourth-order valence-corrected chi connectivity index (χ4v) is 3.24. The van der Waals surface area contributed by atoms with E-state index in [0.717, 1.165) is 29.4 Å². The normalized spacial score (nSPS) is 19.0. The molecule has 112 valence electrons. The van der Waals surface area contributed by atoms with Gasteiger partial charge in [0.1, 0.15) is 5.75 Å². The van der Waals surface area contributed by atoms with Crippen LogP contribution in [0.4, 0.5) is 0 Å². The van der Waals surface area contributed by atoms with Gasteiger partial charge in [-0.2, -0.15) is 0 Å². The van der Waals surface area contributed by atoms with Crippen LogP contribution in [-0.2, 0) is 0 Å². The summed E-state index contributed by atoms with van der Waals surface area (Å²) in [5, 5.41) is 16.2. The summed E-state index contributed by atoms with van der Waals surface area (Å²) >= 11 is 0. The average Bonchev–Trinajstić information content (AvgIpc) is 2.50. The molecule has 1 aliphatic heterocycles. The number of piperidine rings is 1. The Morgan fingerprint density at radius 1 is 1.14 bits per heavy atom. The van der Waals surface area contributed by atoms with Crippen LogP contribution in [0.5, 0.6) is 5.75 Å². The SMILES string of the molecule is CC(NC1CCN(C)CC1)c1ccc2ccccc2c1O. The summed E-state index contributed by atoms with van der Waals surface area (Å²) in [6.07, 6.45) is 2.35. The molecule has 0 aliphatic carbocycles. The lowest BCUT2D eigenvalue weighted by atomic mass is 9.98. The highest BCUT2D eigenvalue weighted by Crippen LogP contribution is 2.32. The standard InChI is InChI=1S/C18H24N2O/c1-13(19-15-9-11-20(2)12-10-15)16-8-7-14-5-3-4-6-17(14)18(16)21/h3-8,13,15,19,21H,9-12H2,1-2H3. The minimum atomic E-state index is 0.169. The summed E-state index contributed by atoms with van der Waals surface area (Å²) in [7, 11) is 2.18. The molecule has 21 heavy (non-hydrogen) atoms. The lowest BCUT2D eigenvalue weighted by molar-refractivity contribution is 0.226. The van der Waals surface area contributed by atoms with Gasteiger partial charge < -0.3 is 15.3 Å². The third-order valence-electron chi connectivity index (χ3n) is 4.60. The molecule has 1 unspecified atom stereocenters. The Balaban J connectivity index is 1.78. The minimum Gasteiger partial charge on any atom is -0.507 e. The Morgan fingerprint density at radius 2 is 1.86 bits per heavy atom. The number of nitrogens with one attached hydrogen (secondary N) is 1. The summed E-state index contributed by atoms with van der Waals surface area (Å²) in [4.78, 5) is 2.37. The monoisotopic (exact) mass is 284 g/mol. The zero-order chi connectivity index (χ0) is 14.8. The van der Waals surface area contributed by atoms with Crippen LogP contribution in [0.1, 0.15) is 31.4 Å². The molecule has 1 aliphatic rings. The number of nitrogens with zero attached hydrogens (tertiary/aromatic N) is 1. The molecule has 1 fully saturated rings. The van der Waals surface area contributed by atoms with Crippen LogP contribution >= 0.6 is 0 Å². The highest BCUT2D eigenvalue weighted by molar-refractivity contribution is 5.89. The first-order valence-corrected chi connectivity index (χ1v) is 7.80. The predicted molar refractivity (Wildman–Crippen MR) is 87.7 cm³/mol. The lowest BCUT2D eigenvalue weighted by Crippen LogP contribution is -2.41. The van der Waals surface area contributed by atoms with E-state index in [-0.39, 0.29) is 6.04 Å². The molecule has 0 radical (unpaired) electrons. The fraction of sp³-hybridized carbons (Fsp3) is 0.444. The van der Waals surface area contributed by atoms with Crippen molar-refractivity contribution in [3.05, 3.63) is 42.0 Å². The molecular formula is C18H24N2O. The summed E-state index contributed by atoms with van der Waals surface area (Å²) < 4.78 is 0. The lowest BCUT2D eigenvalue weighted by Gasteiger charge is -2.32. The molecule has 2 N–H and O–H groups in total. The van der Waals surface area contributed by atoms with Crippen molar-refractivity contribution in [3.63, 3.8) is 0 Å². The molecule has 0 saturated carbocycles. The second-order valence-electron chi connectivity index (χ2n) is 6.19. The first-order chi connectivity index (χ1) is 10.1. The molecule has 0 spiro atoms. The van der Waals surface area contributed by atoms with Crippen molar-refractivity contribution in [1.82, 2.24) is 10.2 Å². The minimum absolute atomic E-state index is 0.169. The number of hydrogen-bond donors (Lipinski definition) is 2. The predicted octanol–water partition coefficient (Wildman–Crippen LogP) is 3.29. The van der Waals surface area contributed by atoms with Crippen molar-refractivity contribution in [2.75, 3.05) is 20.1 Å². The quantitative estimate of drug-likeness (QED) is 0.908. The second kappa shape index (κ2) is 6.04. The van der Waals surface area contributed by atoms with Gasteiger partial charge in [-0.1, -0.05) is 36.4 Å². The van der Waals surface area contributed by atoms with E-state index in [4.69, 9.17) is 0 Å². The van der Waals surface area contributed by atoms with Gasteiger partial charge >= 0.3 is 0 Å². The Hall–Kier alpha value is -1.58. The molecule has 1 saturated heterocycles. The molecule has 0 aromatic heterocycles. The van der Waals surface area contributed by atoms with Crippen LogP contribution in [0.15, 0.2) is 36.4 Å². The Kier molecular flexibility index (Phi) is 4.13. The van der Waals surface area contributed by atoms with Gasteiger partial charge in [-0.3, -0.25) is 0 Å². The fourth-order valence-electron chi connectivity index (χ4n) is 3.24. The molecule has 1 atom stereocenters. The molecule has 1 heterocycles. The van der Waals surface area contributed by atoms with E-state index in [1.165, 1.54) is 12.8 Å². The third-order valence-corrected chi connectivity index (χ3v) is 4.60. The first kappa shape index (κ1) is 14.4. The van der Waals surface area contributed by atoms with E-state index in [9.17, 15) is 5.11 Å². The maximum Gasteiger partial charge on any atom is 0.128 e. The van der Waals surface area contributed by atoms with E-state index in [1.54, 1.807) is 0 Å². The maximum atomic E-state index is 10.5. The smallest absolute Gasteiger partial charge is 0.128 e. The summed E-state index contributed by atoms with van der Waals surface area (Å²) in [5.41, 5.74) is 0.993. The van der Waals surface area contributed by atoms with Crippen molar-refractivity contribution in [2.24, 2.45) is 0 Å². The van der Waals surface area contributed by atoms with Gasteiger partial charge in [-0.15, -0.1) is 0 Å². The number of phenols is 1. The van der Waals surface area contributed by atoms with Crippen molar-refractivity contribution in [2.45, 2.75) is 31.8 Å². The van der Waals surface area contributed by atoms with Crippen LogP contribution in [0.2, 0.25) is 0 Å². The van der Waals surface area contributed by atoms with Crippen LogP contribution in [-0.4, -0.2) is 36.2 Å². The van der Waals surface area contributed by atoms with Gasteiger partial charge in [0, 0.05) is 23.0 Å². The highest BCUT2D eigenvalue weighted by atomic mass is 16.3. The zero-order valence-corrected chi connectivity index (χ0v) is 12.8. The van der Waals surface area contributed by atoms with E-state index < -0.39 is 0 Å². The van der Waals surface area contributed by atoms with Crippen LogP contribution in [0.25, 0.3) is 10.8 Å². The second-order valence-corrected chi connectivity index (χ2v) is 6.19. The van der Waals surface area contributed by atoms with Gasteiger partial charge in [0.15, 0.2) is 0 Å². The first-order valence-electron chi connectivity index (χ1n) is 7.80. The van der Waals surface area contributed by atoms with Gasteiger partial charge in [-0.05, 0) is 45.3 Å². The molecule has 3 heteroatoms. The molecule has 2 aromatic carbocycles. The van der Waals surface area contributed by atoms with Crippen LogP contribution < -0.4 is 5.32 Å². The number of rotatable bonds is 3. The van der Waals surface area contributed by atoms with Crippen LogP contribution in [0.3, 0.4) is 0 Å². The molecular weight excluding hydrogens is 260 g/mol. The number of benzene rings is 2. The maximum absolute atomic E-state index is 10.5. The van der Waals surface area contributed by atoms with E-state index in [1.807, 2.05) is 30.3 Å². The number of aromatic hydroxyl groups is 1. The van der Waals surface area contributed by atoms with Gasteiger partial charge in [0.25, 0.3) is 0 Å². The summed E-state index contributed by atoms with van der Waals surface area (Å²) in [6, 6.07) is 12.8. The Bertz CT molecular complexity index is 618. The van der Waals surface area contributed by atoms with E-state index >= 15 is 0 Å². The Labute approximate surface area is 126 Å². The highest BCUT2D eigenvalue weighted by Gasteiger charge is 2.20. The number of fused-ring (bicyclic) bond motifs is 1. The number of likely N-dealkylation sites (tertiary alicyclic amines) is 1. The van der Waals surface area contributed by atoms with Crippen molar-refractivity contribution >= 4 is 10.8 Å². The zero-order valence-electron chi connectivity index (χ0n) is 12.8. The third kappa shape index (κ3) is 3.04. The Morgan fingerprint density at radius 3 is 2.62 bits per heavy atom. The molecule has 0 amide bonds. The van der Waals surface area contributed by atoms with Crippen molar-refractivity contribution in [3.8, 4) is 5.75 Å². The largest absolute Gasteiger partial charge is 0.507 e. The van der Waals surface area contributed by atoms with Crippen molar-refractivity contribution in [1.29, 1.82) is 0 Å². The molecule has 2 aromatic rings. The van der Waals surface area contributed by atoms with Gasteiger partial charge in [0.2, 0.25) is 0 Å². The summed E-state index contributed by atoms with van der Waals surface area (Å²) in [5.74, 6) is 0.418. The van der Waals surface area contributed by atoms with Gasteiger partial charge in [0.05, 0.1) is 0 Å². The molecule has 3 rings (SSSR count). The number of phenolic OH excluding ortho intramolecular Hbond substituents is 1. The summed E-state index contributed by atoms with van der Waals surface area (Å²) in [6.45, 7) is 4.43.